The first-order chi connectivity index (χ1) is 9.72. The minimum absolute atomic E-state index is 0.0664. The summed E-state index contributed by atoms with van der Waals surface area (Å²) in [6.45, 7) is 0.572. The number of ether oxygens (including phenoxy) is 1. The lowest BCUT2D eigenvalue weighted by Gasteiger charge is -2.11. The molecule has 4 nitrogen and oxygen atoms in total. The van der Waals surface area contributed by atoms with Gasteiger partial charge in [-0.3, -0.25) is 10.1 Å². The number of rotatable bonds is 6. The SMILES string of the molecule is O=[N+]([O-])c1ccc(OCCCBr)c(-c2ccccc2)c1. The quantitative estimate of drug-likeness (QED) is 0.339. The van der Waals surface area contributed by atoms with Gasteiger partial charge in [-0.15, -0.1) is 0 Å². The molecule has 5 heteroatoms. The minimum atomic E-state index is -0.394. The lowest BCUT2D eigenvalue weighted by atomic mass is 10.0. The van der Waals surface area contributed by atoms with Gasteiger partial charge in [0, 0.05) is 23.0 Å². The van der Waals surface area contributed by atoms with Crippen LogP contribution in [0.25, 0.3) is 11.1 Å². The van der Waals surface area contributed by atoms with E-state index in [-0.39, 0.29) is 5.69 Å². The van der Waals surface area contributed by atoms with Gasteiger partial charge in [0.2, 0.25) is 0 Å². The summed E-state index contributed by atoms with van der Waals surface area (Å²) >= 11 is 3.35. The summed E-state index contributed by atoms with van der Waals surface area (Å²) in [5.74, 6) is 0.669. The molecule has 0 aliphatic rings. The molecule has 2 rings (SSSR count). The van der Waals surface area contributed by atoms with Crippen molar-refractivity contribution in [2.75, 3.05) is 11.9 Å². The zero-order valence-corrected chi connectivity index (χ0v) is 12.4. The molecule has 0 saturated carbocycles. The Balaban J connectivity index is 2.38. The van der Waals surface area contributed by atoms with E-state index >= 15 is 0 Å². The van der Waals surface area contributed by atoms with Gasteiger partial charge in [0.1, 0.15) is 5.75 Å². The topological polar surface area (TPSA) is 52.4 Å². The van der Waals surface area contributed by atoms with Crippen molar-refractivity contribution in [3.05, 3.63) is 58.6 Å². The van der Waals surface area contributed by atoms with E-state index < -0.39 is 4.92 Å². The maximum Gasteiger partial charge on any atom is 0.270 e. The highest BCUT2D eigenvalue weighted by atomic mass is 79.9. The van der Waals surface area contributed by atoms with Crippen molar-refractivity contribution in [2.24, 2.45) is 0 Å². The fourth-order valence-corrected chi connectivity index (χ4v) is 2.07. The molecule has 0 aliphatic carbocycles. The van der Waals surface area contributed by atoms with Crippen molar-refractivity contribution in [2.45, 2.75) is 6.42 Å². The second kappa shape index (κ2) is 7.05. The molecule has 0 spiro atoms. The summed E-state index contributed by atoms with van der Waals surface area (Å²) in [5, 5.41) is 11.8. The average molecular weight is 336 g/mol. The number of alkyl halides is 1. The summed E-state index contributed by atoms with van der Waals surface area (Å²) in [5.41, 5.74) is 1.72. The van der Waals surface area contributed by atoms with Crippen LogP contribution in [0.1, 0.15) is 6.42 Å². The van der Waals surface area contributed by atoms with Crippen molar-refractivity contribution >= 4 is 21.6 Å². The summed E-state index contributed by atoms with van der Waals surface area (Å²) in [6, 6.07) is 14.2. The third-order valence-electron chi connectivity index (χ3n) is 2.79. The molecule has 0 N–H and O–H groups in total. The third kappa shape index (κ3) is 3.57. The lowest BCUT2D eigenvalue weighted by molar-refractivity contribution is -0.384. The Morgan fingerprint density at radius 1 is 1.15 bits per heavy atom. The van der Waals surface area contributed by atoms with Crippen LogP contribution in [0.15, 0.2) is 48.5 Å². The molecular formula is C15H14BrNO3. The fraction of sp³-hybridized carbons (Fsp3) is 0.200. The molecule has 0 fully saturated rings. The van der Waals surface area contributed by atoms with E-state index in [4.69, 9.17) is 4.74 Å². The van der Waals surface area contributed by atoms with Gasteiger partial charge in [-0.05, 0) is 18.1 Å². The summed E-state index contributed by atoms with van der Waals surface area (Å²) in [4.78, 5) is 10.5. The van der Waals surface area contributed by atoms with Gasteiger partial charge < -0.3 is 4.74 Å². The van der Waals surface area contributed by atoms with Crippen LogP contribution in [0.5, 0.6) is 5.75 Å². The summed E-state index contributed by atoms with van der Waals surface area (Å²) in [6.07, 6.45) is 0.880. The van der Waals surface area contributed by atoms with Crippen LogP contribution >= 0.6 is 15.9 Å². The van der Waals surface area contributed by atoms with Crippen molar-refractivity contribution in [1.82, 2.24) is 0 Å². The number of halogens is 1. The van der Waals surface area contributed by atoms with E-state index in [1.165, 1.54) is 6.07 Å². The molecule has 104 valence electrons. The van der Waals surface area contributed by atoms with Gasteiger partial charge >= 0.3 is 0 Å². The van der Waals surface area contributed by atoms with Gasteiger partial charge in [-0.2, -0.15) is 0 Å². The number of nitro groups is 1. The Labute approximate surface area is 125 Å². The maximum absolute atomic E-state index is 10.9. The maximum atomic E-state index is 10.9. The van der Waals surface area contributed by atoms with Gasteiger partial charge in [-0.25, -0.2) is 0 Å². The Morgan fingerprint density at radius 3 is 2.55 bits per heavy atom. The first-order valence-electron chi connectivity index (χ1n) is 6.25. The number of non-ortho nitro benzene ring substituents is 1. The highest BCUT2D eigenvalue weighted by Crippen LogP contribution is 2.33. The average Bonchev–Trinajstić information content (AvgIpc) is 2.48. The summed E-state index contributed by atoms with van der Waals surface area (Å²) in [7, 11) is 0. The Bertz CT molecular complexity index is 587. The lowest BCUT2D eigenvalue weighted by Crippen LogP contribution is -2.00. The van der Waals surface area contributed by atoms with Crippen molar-refractivity contribution in [3.63, 3.8) is 0 Å². The molecule has 0 heterocycles. The van der Waals surface area contributed by atoms with E-state index in [9.17, 15) is 10.1 Å². The molecule has 0 aromatic heterocycles. The molecule has 0 unspecified atom stereocenters. The smallest absolute Gasteiger partial charge is 0.270 e. The molecule has 0 saturated heterocycles. The molecule has 2 aromatic rings. The van der Waals surface area contributed by atoms with Gasteiger partial charge in [0.05, 0.1) is 11.5 Å². The number of nitro benzene ring substituents is 1. The van der Waals surface area contributed by atoms with E-state index in [0.717, 1.165) is 22.9 Å². The molecule has 0 atom stereocenters. The number of nitrogens with zero attached hydrogens (tertiary/aromatic N) is 1. The van der Waals surface area contributed by atoms with Gasteiger partial charge in [0.25, 0.3) is 5.69 Å². The van der Waals surface area contributed by atoms with Crippen LogP contribution in [0, 0.1) is 10.1 Å². The molecule has 2 aromatic carbocycles. The zero-order valence-electron chi connectivity index (χ0n) is 10.8. The standard InChI is InChI=1S/C15H14BrNO3/c16-9-4-10-20-15-8-7-13(17(18)19)11-14(15)12-5-2-1-3-6-12/h1-3,5-8,11H,4,9-10H2. The molecule has 0 amide bonds. The minimum Gasteiger partial charge on any atom is -0.493 e. The van der Waals surface area contributed by atoms with Gasteiger partial charge in [-0.1, -0.05) is 46.3 Å². The number of hydrogen-bond donors (Lipinski definition) is 0. The molecule has 20 heavy (non-hydrogen) atoms. The second-order valence-corrected chi connectivity index (χ2v) is 4.99. The van der Waals surface area contributed by atoms with Crippen molar-refractivity contribution in [1.29, 1.82) is 0 Å². The number of hydrogen-bond acceptors (Lipinski definition) is 3. The monoisotopic (exact) mass is 335 g/mol. The first-order valence-corrected chi connectivity index (χ1v) is 7.37. The van der Waals surface area contributed by atoms with Gasteiger partial charge in [0.15, 0.2) is 0 Å². The van der Waals surface area contributed by atoms with Crippen molar-refractivity contribution in [3.8, 4) is 16.9 Å². The largest absolute Gasteiger partial charge is 0.493 e. The molecule has 0 aliphatic heterocycles. The predicted molar refractivity (Wildman–Crippen MR) is 82.4 cm³/mol. The van der Waals surface area contributed by atoms with E-state index in [0.29, 0.717) is 12.4 Å². The fourth-order valence-electron chi connectivity index (χ4n) is 1.84. The van der Waals surface area contributed by atoms with Crippen LogP contribution in [-0.2, 0) is 0 Å². The van der Waals surface area contributed by atoms with E-state index in [1.807, 2.05) is 30.3 Å². The van der Waals surface area contributed by atoms with Crippen LogP contribution in [0.2, 0.25) is 0 Å². The third-order valence-corrected chi connectivity index (χ3v) is 3.36. The normalized spacial score (nSPS) is 10.2. The molecule has 0 bridgehead atoms. The van der Waals surface area contributed by atoms with Crippen LogP contribution in [0.4, 0.5) is 5.69 Å². The Hall–Kier alpha value is -1.88. The van der Waals surface area contributed by atoms with Crippen molar-refractivity contribution < 1.29 is 9.66 Å². The predicted octanol–water partition coefficient (Wildman–Crippen LogP) is 4.43. The Kier molecular flexibility index (Phi) is 5.12. The highest BCUT2D eigenvalue weighted by molar-refractivity contribution is 9.09. The highest BCUT2D eigenvalue weighted by Gasteiger charge is 2.13. The van der Waals surface area contributed by atoms with E-state index in [2.05, 4.69) is 15.9 Å². The van der Waals surface area contributed by atoms with Crippen LogP contribution in [0.3, 0.4) is 0 Å². The van der Waals surface area contributed by atoms with E-state index in [1.54, 1.807) is 12.1 Å². The second-order valence-electron chi connectivity index (χ2n) is 4.19. The number of benzene rings is 2. The first kappa shape index (κ1) is 14.5. The molecule has 0 radical (unpaired) electrons. The zero-order chi connectivity index (χ0) is 14.4. The summed E-state index contributed by atoms with van der Waals surface area (Å²) < 4.78 is 5.71. The van der Waals surface area contributed by atoms with Crippen LogP contribution in [-0.4, -0.2) is 16.9 Å². The van der Waals surface area contributed by atoms with Crippen LogP contribution < -0.4 is 4.74 Å². The Morgan fingerprint density at radius 2 is 1.90 bits per heavy atom. The molecular weight excluding hydrogens is 322 g/mol.